The van der Waals surface area contributed by atoms with Crippen LogP contribution in [0.2, 0.25) is 0 Å². The zero-order valence-electron chi connectivity index (χ0n) is 30.3. The van der Waals surface area contributed by atoms with E-state index in [1.807, 2.05) is 80.3 Å². The number of amides is 4. The number of rotatable bonds is 4. The Labute approximate surface area is 315 Å². The molecule has 4 amide bonds. The Balaban J connectivity index is 1.02. The fraction of sp³-hybridized carbons (Fsp3) is 0.261. The summed E-state index contributed by atoms with van der Waals surface area (Å²) in [5.74, 6) is -0.403. The van der Waals surface area contributed by atoms with Crippen LogP contribution < -0.4 is 19.6 Å². The number of anilines is 4. The Morgan fingerprint density at radius 2 is 0.556 bits per heavy atom. The summed E-state index contributed by atoms with van der Waals surface area (Å²) in [7, 11) is 0. The van der Waals surface area contributed by atoms with Gasteiger partial charge in [0.25, 0.3) is 23.6 Å². The van der Waals surface area contributed by atoms with E-state index in [0.29, 0.717) is 48.4 Å². The SMILES string of the molecule is O=C(c1ccccc1)N1CCCc2ccc3c(c21)N(C(=O)c1ccc(C(=O)N2CCCc4ccc5c(c42)N(C(=O)c2ccccc2)CCC5)cc1)CCC3. The molecule has 5 aromatic carbocycles. The first-order valence-corrected chi connectivity index (χ1v) is 19.2. The van der Waals surface area contributed by atoms with Crippen LogP contribution >= 0.6 is 0 Å². The number of aryl methyl sites for hydroxylation is 4. The van der Waals surface area contributed by atoms with Gasteiger partial charge in [0, 0.05) is 48.4 Å². The molecule has 0 bridgehead atoms. The van der Waals surface area contributed by atoms with Gasteiger partial charge in [-0.25, -0.2) is 0 Å². The van der Waals surface area contributed by atoms with Gasteiger partial charge in [0.2, 0.25) is 0 Å². The fourth-order valence-electron chi connectivity index (χ4n) is 8.85. The number of hydrogen-bond acceptors (Lipinski definition) is 4. The van der Waals surface area contributed by atoms with Crippen molar-refractivity contribution in [2.24, 2.45) is 0 Å². The van der Waals surface area contributed by atoms with Gasteiger partial charge in [0.1, 0.15) is 0 Å². The second-order valence-corrected chi connectivity index (χ2v) is 14.7. The second kappa shape index (κ2) is 14.1. The molecule has 0 saturated carbocycles. The van der Waals surface area contributed by atoms with Crippen LogP contribution in [0.25, 0.3) is 0 Å². The maximum absolute atomic E-state index is 14.4. The van der Waals surface area contributed by atoms with Crippen LogP contribution in [-0.2, 0) is 25.7 Å². The van der Waals surface area contributed by atoms with Crippen molar-refractivity contribution in [2.75, 3.05) is 45.8 Å². The van der Waals surface area contributed by atoms with Crippen LogP contribution in [0.1, 0.15) is 89.4 Å². The molecule has 0 aliphatic carbocycles. The minimum atomic E-state index is -0.145. The first-order chi connectivity index (χ1) is 26.5. The minimum absolute atomic E-state index is 0.0566. The molecule has 4 heterocycles. The molecule has 0 atom stereocenters. The van der Waals surface area contributed by atoms with Crippen molar-refractivity contribution >= 4 is 46.4 Å². The second-order valence-electron chi connectivity index (χ2n) is 14.7. The number of carbonyl (C=O) groups excluding carboxylic acids is 4. The Morgan fingerprint density at radius 1 is 0.315 bits per heavy atom. The summed E-state index contributed by atoms with van der Waals surface area (Å²) in [4.78, 5) is 64.0. The molecule has 5 aromatic rings. The lowest BCUT2D eigenvalue weighted by Gasteiger charge is -2.38. The average molecular weight is 715 g/mol. The Hall–Kier alpha value is -6.02. The largest absolute Gasteiger partial charge is 0.306 e. The van der Waals surface area contributed by atoms with Gasteiger partial charge in [-0.3, -0.25) is 19.2 Å². The van der Waals surface area contributed by atoms with Gasteiger partial charge in [-0.15, -0.1) is 0 Å². The average Bonchev–Trinajstić information content (AvgIpc) is 3.25. The number of fused-ring (bicyclic) bond motifs is 6. The Kier molecular flexibility index (Phi) is 8.81. The van der Waals surface area contributed by atoms with E-state index in [2.05, 4.69) is 24.3 Å². The molecule has 8 heteroatoms. The summed E-state index contributed by atoms with van der Waals surface area (Å²) in [5.41, 5.74) is 9.90. The summed E-state index contributed by atoms with van der Waals surface area (Å²) in [6.07, 6.45) is 6.73. The summed E-state index contributed by atoms with van der Waals surface area (Å²) in [5, 5.41) is 0. The van der Waals surface area contributed by atoms with Crippen molar-refractivity contribution in [2.45, 2.75) is 51.4 Å². The normalized spacial score (nSPS) is 16.1. The van der Waals surface area contributed by atoms with E-state index in [1.54, 1.807) is 24.3 Å². The van der Waals surface area contributed by atoms with E-state index in [-0.39, 0.29) is 23.6 Å². The van der Waals surface area contributed by atoms with Gasteiger partial charge in [0.15, 0.2) is 0 Å². The van der Waals surface area contributed by atoms with Crippen LogP contribution in [0.5, 0.6) is 0 Å². The quantitative estimate of drug-likeness (QED) is 0.189. The standard InChI is InChI=1S/C46H42N4O4/c51-43(35-11-3-1-4-12-35)47-27-7-15-31-19-21-33-17-9-29-49(41(33)39(31)47)45(53)37-23-25-38(26-24-37)46(54)50-30-10-18-34-22-20-32-16-8-28-48(40(32)42(34)50)44(52)36-13-5-2-6-14-36/h1-6,11-14,19-26H,7-10,15-18,27-30H2. The molecule has 54 heavy (non-hydrogen) atoms. The maximum atomic E-state index is 14.4. The highest BCUT2D eigenvalue weighted by Gasteiger charge is 2.36. The minimum Gasteiger partial charge on any atom is -0.306 e. The van der Waals surface area contributed by atoms with Crippen LogP contribution in [0.4, 0.5) is 22.7 Å². The van der Waals surface area contributed by atoms with Gasteiger partial charge in [-0.2, -0.15) is 0 Å². The molecule has 9 rings (SSSR count). The molecule has 0 unspecified atom stereocenters. The third-order valence-electron chi connectivity index (χ3n) is 11.4. The molecule has 8 nitrogen and oxygen atoms in total. The van der Waals surface area contributed by atoms with Crippen molar-refractivity contribution < 1.29 is 19.2 Å². The summed E-state index contributed by atoms with van der Waals surface area (Å²) in [6, 6.07) is 34.2. The summed E-state index contributed by atoms with van der Waals surface area (Å²) >= 11 is 0. The molecule has 4 aliphatic heterocycles. The van der Waals surface area contributed by atoms with Crippen LogP contribution in [0, 0.1) is 0 Å². The van der Waals surface area contributed by atoms with Crippen LogP contribution in [0.3, 0.4) is 0 Å². The lowest BCUT2D eigenvalue weighted by Crippen LogP contribution is -2.41. The molecule has 0 radical (unpaired) electrons. The molecular weight excluding hydrogens is 673 g/mol. The van der Waals surface area contributed by atoms with Gasteiger partial charge in [0.05, 0.1) is 22.7 Å². The van der Waals surface area contributed by atoms with Gasteiger partial charge in [-0.1, -0.05) is 60.7 Å². The van der Waals surface area contributed by atoms with E-state index in [9.17, 15) is 19.2 Å². The zero-order chi connectivity index (χ0) is 36.8. The summed E-state index contributed by atoms with van der Waals surface area (Å²) in [6.45, 7) is 2.28. The van der Waals surface area contributed by atoms with E-state index < -0.39 is 0 Å². The van der Waals surface area contributed by atoms with Crippen molar-refractivity contribution in [3.8, 4) is 0 Å². The van der Waals surface area contributed by atoms with Crippen molar-refractivity contribution in [3.63, 3.8) is 0 Å². The molecular formula is C46H42N4O4. The molecule has 0 saturated heterocycles. The molecule has 0 spiro atoms. The third kappa shape index (κ3) is 5.86. The van der Waals surface area contributed by atoms with Crippen LogP contribution in [0.15, 0.2) is 109 Å². The van der Waals surface area contributed by atoms with Gasteiger partial charge < -0.3 is 19.6 Å². The Bertz CT molecular complexity index is 2120. The van der Waals surface area contributed by atoms with E-state index >= 15 is 0 Å². The van der Waals surface area contributed by atoms with E-state index in [1.165, 1.54) is 0 Å². The topological polar surface area (TPSA) is 81.2 Å². The van der Waals surface area contributed by atoms with E-state index in [4.69, 9.17) is 0 Å². The first kappa shape index (κ1) is 33.8. The molecule has 0 fully saturated rings. The molecule has 0 N–H and O–H groups in total. The first-order valence-electron chi connectivity index (χ1n) is 19.2. The lowest BCUT2D eigenvalue weighted by molar-refractivity contribution is 0.0970. The van der Waals surface area contributed by atoms with Crippen LogP contribution in [-0.4, -0.2) is 49.8 Å². The van der Waals surface area contributed by atoms with Crippen molar-refractivity contribution in [3.05, 3.63) is 154 Å². The highest BCUT2D eigenvalue weighted by atomic mass is 16.2. The number of benzene rings is 5. The third-order valence-corrected chi connectivity index (χ3v) is 11.4. The Morgan fingerprint density at radius 3 is 0.815 bits per heavy atom. The predicted molar refractivity (Wildman–Crippen MR) is 212 cm³/mol. The van der Waals surface area contributed by atoms with Gasteiger partial charge >= 0.3 is 0 Å². The highest BCUT2D eigenvalue weighted by Crippen LogP contribution is 2.45. The zero-order valence-corrected chi connectivity index (χ0v) is 30.3. The molecule has 270 valence electrons. The smallest absolute Gasteiger partial charge is 0.258 e. The number of hydrogen-bond donors (Lipinski definition) is 0. The summed E-state index contributed by atoms with van der Waals surface area (Å²) < 4.78 is 0. The van der Waals surface area contributed by atoms with E-state index in [0.717, 1.165) is 96.4 Å². The lowest BCUT2D eigenvalue weighted by atomic mass is 9.91. The number of nitrogens with zero attached hydrogens (tertiary/aromatic N) is 4. The fourth-order valence-corrected chi connectivity index (χ4v) is 8.85. The predicted octanol–water partition coefficient (Wildman–Crippen LogP) is 8.06. The van der Waals surface area contributed by atoms with Crippen molar-refractivity contribution in [1.29, 1.82) is 0 Å². The number of carbonyl (C=O) groups is 4. The monoisotopic (exact) mass is 714 g/mol. The maximum Gasteiger partial charge on any atom is 0.258 e. The highest BCUT2D eigenvalue weighted by molar-refractivity contribution is 6.15. The van der Waals surface area contributed by atoms with Gasteiger partial charge in [-0.05, 0) is 122 Å². The van der Waals surface area contributed by atoms with Crippen molar-refractivity contribution in [1.82, 2.24) is 0 Å². The molecule has 0 aromatic heterocycles. The molecule has 4 aliphatic rings.